The van der Waals surface area contributed by atoms with Gasteiger partial charge in [-0.15, -0.1) is 0 Å². The molecule has 1 amide bonds. The molecule has 0 aromatic heterocycles. The Morgan fingerprint density at radius 2 is 1.95 bits per heavy atom. The van der Waals surface area contributed by atoms with E-state index in [2.05, 4.69) is 18.7 Å². The van der Waals surface area contributed by atoms with Gasteiger partial charge in [-0.1, -0.05) is 26.0 Å². The maximum Gasteiger partial charge on any atom is 0.253 e. The molecule has 0 spiro atoms. The number of carbonyl (C=O) groups is 1. The lowest BCUT2D eigenvalue weighted by Gasteiger charge is -2.35. The van der Waals surface area contributed by atoms with Gasteiger partial charge in [0.2, 0.25) is 0 Å². The number of hydrogen-bond donors (Lipinski definition) is 1. The van der Waals surface area contributed by atoms with Crippen molar-refractivity contribution < 1.29 is 4.79 Å². The van der Waals surface area contributed by atoms with Crippen molar-refractivity contribution in [2.75, 3.05) is 39.3 Å². The molecule has 1 aromatic carbocycles. The van der Waals surface area contributed by atoms with Crippen LogP contribution in [0, 0.1) is 5.92 Å². The lowest BCUT2D eigenvalue weighted by molar-refractivity contribution is 0.0623. The van der Waals surface area contributed by atoms with Crippen LogP contribution >= 0.6 is 0 Å². The fraction of sp³-hybridized carbons (Fsp3) is 0.588. The Morgan fingerprint density at radius 3 is 2.57 bits per heavy atom. The molecule has 2 N–H and O–H groups in total. The Kier molecular flexibility index (Phi) is 5.76. The second kappa shape index (κ2) is 7.57. The van der Waals surface area contributed by atoms with Crippen molar-refractivity contribution in [2.45, 2.75) is 20.3 Å². The van der Waals surface area contributed by atoms with Crippen molar-refractivity contribution in [3.05, 3.63) is 35.4 Å². The zero-order valence-corrected chi connectivity index (χ0v) is 13.2. The van der Waals surface area contributed by atoms with Crippen molar-refractivity contribution >= 4 is 5.91 Å². The van der Waals surface area contributed by atoms with Crippen molar-refractivity contribution in [1.29, 1.82) is 0 Å². The Balaban J connectivity index is 1.94. The van der Waals surface area contributed by atoms with E-state index in [1.165, 1.54) is 0 Å². The Morgan fingerprint density at radius 1 is 1.24 bits per heavy atom. The summed E-state index contributed by atoms with van der Waals surface area (Å²) in [6.07, 6.45) is 0.823. The van der Waals surface area contributed by atoms with E-state index >= 15 is 0 Å². The maximum atomic E-state index is 12.6. The Hall–Kier alpha value is -1.39. The second-order valence-corrected chi connectivity index (χ2v) is 6.23. The van der Waals surface area contributed by atoms with Gasteiger partial charge in [0.05, 0.1) is 0 Å². The predicted molar refractivity (Wildman–Crippen MR) is 86.4 cm³/mol. The average Bonchev–Trinajstić information content (AvgIpc) is 2.47. The molecule has 0 saturated carbocycles. The van der Waals surface area contributed by atoms with Crippen molar-refractivity contribution in [2.24, 2.45) is 11.7 Å². The molecule has 21 heavy (non-hydrogen) atoms. The maximum absolute atomic E-state index is 12.6. The monoisotopic (exact) mass is 289 g/mol. The number of benzene rings is 1. The van der Waals surface area contributed by atoms with Crippen molar-refractivity contribution in [3.8, 4) is 0 Å². The molecular formula is C17H27N3O. The summed E-state index contributed by atoms with van der Waals surface area (Å²) < 4.78 is 0. The molecule has 1 aromatic rings. The van der Waals surface area contributed by atoms with E-state index in [0.29, 0.717) is 12.5 Å². The van der Waals surface area contributed by atoms with Gasteiger partial charge in [-0.2, -0.15) is 0 Å². The predicted octanol–water partition coefficient (Wildman–Crippen LogP) is 1.60. The minimum absolute atomic E-state index is 0.151. The van der Waals surface area contributed by atoms with Crippen LogP contribution in [0.2, 0.25) is 0 Å². The molecule has 0 atom stereocenters. The summed E-state index contributed by atoms with van der Waals surface area (Å²) in [6.45, 7) is 9.82. The zero-order chi connectivity index (χ0) is 15.2. The van der Waals surface area contributed by atoms with Gasteiger partial charge >= 0.3 is 0 Å². The third kappa shape index (κ3) is 4.55. The van der Waals surface area contributed by atoms with Crippen LogP contribution in [0.15, 0.2) is 24.3 Å². The molecule has 1 fully saturated rings. The molecule has 116 valence electrons. The summed E-state index contributed by atoms with van der Waals surface area (Å²) in [6, 6.07) is 7.87. The van der Waals surface area contributed by atoms with Crippen LogP contribution in [0.3, 0.4) is 0 Å². The minimum atomic E-state index is 0.151. The zero-order valence-electron chi connectivity index (χ0n) is 13.2. The number of nitrogens with two attached hydrogens (primary N) is 1. The van der Waals surface area contributed by atoms with Gasteiger partial charge in [-0.3, -0.25) is 9.69 Å². The number of amides is 1. The third-order valence-corrected chi connectivity index (χ3v) is 3.89. The standard InChI is InChI=1S/C17H27N3O/c1-14(2)13-19-8-10-20(11-9-19)17(21)16-5-3-4-15(12-16)6-7-18/h3-5,12,14H,6-11,13,18H2,1-2H3. The van der Waals surface area contributed by atoms with Crippen LogP contribution in [0.1, 0.15) is 29.8 Å². The lowest BCUT2D eigenvalue weighted by atomic mass is 10.1. The molecular weight excluding hydrogens is 262 g/mol. The first-order valence-electron chi connectivity index (χ1n) is 7.90. The van der Waals surface area contributed by atoms with Crippen LogP contribution in [-0.4, -0.2) is 55.0 Å². The summed E-state index contributed by atoms with van der Waals surface area (Å²) in [5.41, 5.74) is 7.51. The second-order valence-electron chi connectivity index (χ2n) is 6.23. The number of nitrogens with zero attached hydrogens (tertiary/aromatic N) is 2. The van der Waals surface area contributed by atoms with Gasteiger partial charge in [0.15, 0.2) is 0 Å². The topological polar surface area (TPSA) is 49.6 Å². The normalized spacial score (nSPS) is 16.5. The van der Waals surface area contributed by atoms with Gasteiger partial charge in [-0.25, -0.2) is 0 Å². The largest absolute Gasteiger partial charge is 0.336 e. The van der Waals surface area contributed by atoms with Crippen molar-refractivity contribution in [3.63, 3.8) is 0 Å². The van der Waals surface area contributed by atoms with E-state index in [1.54, 1.807) is 0 Å². The van der Waals surface area contributed by atoms with E-state index in [4.69, 9.17) is 5.73 Å². The SMILES string of the molecule is CC(C)CN1CCN(C(=O)c2cccc(CCN)c2)CC1. The molecule has 2 rings (SSSR count). The van der Waals surface area contributed by atoms with Gasteiger partial charge in [-0.05, 0) is 36.6 Å². The lowest BCUT2D eigenvalue weighted by Crippen LogP contribution is -2.49. The average molecular weight is 289 g/mol. The number of piperazine rings is 1. The highest BCUT2D eigenvalue weighted by molar-refractivity contribution is 5.94. The van der Waals surface area contributed by atoms with E-state index < -0.39 is 0 Å². The van der Waals surface area contributed by atoms with E-state index in [1.807, 2.05) is 29.2 Å². The molecule has 4 nitrogen and oxygen atoms in total. The molecule has 0 unspecified atom stereocenters. The summed E-state index contributed by atoms with van der Waals surface area (Å²) in [5, 5.41) is 0. The molecule has 0 radical (unpaired) electrons. The molecule has 0 aliphatic carbocycles. The molecule has 1 aliphatic heterocycles. The van der Waals surface area contributed by atoms with Gasteiger partial charge in [0, 0.05) is 38.3 Å². The van der Waals surface area contributed by atoms with Crippen LogP contribution in [0.5, 0.6) is 0 Å². The molecule has 4 heteroatoms. The fourth-order valence-electron chi connectivity index (χ4n) is 2.86. The van der Waals surface area contributed by atoms with Crippen LogP contribution < -0.4 is 5.73 Å². The van der Waals surface area contributed by atoms with E-state index in [9.17, 15) is 4.79 Å². The van der Waals surface area contributed by atoms with Gasteiger partial charge in [0.25, 0.3) is 5.91 Å². The van der Waals surface area contributed by atoms with E-state index in [-0.39, 0.29) is 5.91 Å². The summed E-state index contributed by atoms with van der Waals surface area (Å²) in [7, 11) is 0. The first-order chi connectivity index (χ1) is 10.1. The smallest absolute Gasteiger partial charge is 0.253 e. The molecule has 1 aliphatic rings. The van der Waals surface area contributed by atoms with Gasteiger partial charge < -0.3 is 10.6 Å². The first kappa shape index (κ1) is 16.0. The van der Waals surface area contributed by atoms with Crippen LogP contribution in [0.25, 0.3) is 0 Å². The van der Waals surface area contributed by atoms with E-state index in [0.717, 1.165) is 50.3 Å². The third-order valence-electron chi connectivity index (χ3n) is 3.89. The first-order valence-corrected chi connectivity index (χ1v) is 7.90. The number of rotatable bonds is 5. The Labute approximate surface area is 127 Å². The summed E-state index contributed by atoms with van der Waals surface area (Å²) in [4.78, 5) is 17.0. The highest BCUT2D eigenvalue weighted by Gasteiger charge is 2.22. The molecule has 0 bridgehead atoms. The highest BCUT2D eigenvalue weighted by Crippen LogP contribution is 2.12. The van der Waals surface area contributed by atoms with Crippen LogP contribution in [0.4, 0.5) is 0 Å². The Bertz CT molecular complexity index is 465. The quantitative estimate of drug-likeness (QED) is 0.896. The fourth-order valence-corrected chi connectivity index (χ4v) is 2.86. The van der Waals surface area contributed by atoms with Gasteiger partial charge in [0.1, 0.15) is 0 Å². The highest BCUT2D eigenvalue weighted by atomic mass is 16.2. The number of hydrogen-bond acceptors (Lipinski definition) is 3. The minimum Gasteiger partial charge on any atom is -0.336 e. The number of carbonyl (C=O) groups excluding carboxylic acids is 1. The summed E-state index contributed by atoms with van der Waals surface area (Å²) in [5.74, 6) is 0.832. The van der Waals surface area contributed by atoms with Crippen molar-refractivity contribution in [1.82, 2.24) is 9.80 Å². The van der Waals surface area contributed by atoms with Crippen LogP contribution in [-0.2, 0) is 6.42 Å². The molecule has 1 heterocycles. The summed E-state index contributed by atoms with van der Waals surface area (Å²) >= 11 is 0. The molecule has 1 saturated heterocycles.